The highest BCUT2D eigenvalue weighted by Crippen LogP contribution is 2.31. The molecule has 156 valence electrons. The van der Waals surface area contributed by atoms with Crippen LogP contribution in [0.2, 0.25) is 0 Å². The van der Waals surface area contributed by atoms with Gasteiger partial charge in [0.25, 0.3) is 0 Å². The molecule has 31 heavy (non-hydrogen) atoms. The number of aromatic nitrogens is 1. The fourth-order valence-electron chi connectivity index (χ4n) is 3.03. The molecule has 7 heteroatoms. The van der Waals surface area contributed by atoms with Gasteiger partial charge >= 0.3 is 0 Å². The predicted molar refractivity (Wildman–Crippen MR) is 122 cm³/mol. The van der Waals surface area contributed by atoms with Crippen LogP contribution >= 0.6 is 11.3 Å². The zero-order valence-corrected chi connectivity index (χ0v) is 17.7. The third-order valence-electron chi connectivity index (χ3n) is 4.58. The molecule has 0 aliphatic heterocycles. The summed E-state index contributed by atoms with van der Waals surface area (Å²) in [5, 5.41) is 3.63. The van der Waals surface area contributed by atoms with Gasteiger partial charge in [-0.15, -0.1) is 11.3 Å². The van der Waals surface area contributed by atoms with Gasteiger partial charge in [-0.25, -0.2) is 9.37 Å². The minimum atomic E-state index is -0.276. The number of carbonyl (C=O) groups is 1. The van der Waals surface area contributed by atoms with Crippen LogP contribution < -0.4 is 14.8 Å². The summed E-state index contributed by atoms with van der Waals surface area (Å²) in [5.41, 5.74) is 3.15. The van der Waals surface area contributed by atoms with E-state index in [1.165, 1.54) is 29.5 Å². The quantitative estimate of drug-likeness (QED) is 0.391. The molecule has 0 aliphatic rings. The van der Waals surface area contributed by atoms with Crippen molar-refractivity contribution in [2.45, 2.75) is 0 Å². The van der Waals surface area contributed by atoms with Crippen molar-refractivity contribution in [1.29, 1.82) is 0 Å². The molecule has 0 unspecified atom stereocenters. The predicted octanol–water partition coefficient (Wildman–Crippen LogP) is 5.77. The van der Waals surface area contributed by atoms with Gasteiger partial charge in [0.05, 0.1) is 24.4 Å². The molecular formula is C24H19FN2O3S. The van der Waals surface area contributed by atoms with E-state index in [2.05, 4.69) is 10.3 Å². The Kier molecular flexibility index (Phi) is 5.95. The number of benzene rings is 3. The summed E-state index contributed by atoms with van der Waals surface area (Å²) in [4.78, 5) is 16.8. The van der Waals surface area contributed by atoms with Crippen LogP contribution in [0.4, 0.5) is 10.1 Å². The van der Waals surface area contributed by atoms with Crippen molar-refractivity contribution in [1.82, 2.24) is 4.98 Å². The number of rotatable bonds is 6. The Bertz CT molecular complexity index is 1270. The van der Waals surface area contributed by atoms with E-state index in [1.807, 2.05) is 30.3 Å². The topological polar surface area (TPSA) is 60.5 Å². The van der Waals surface area contributed by atoms with E-state index in [-0.39, 0.29) is 11.7 Å². The highest BCUT2D eigenvalue weighted by atomic mass is 32.1. The summed E-state index contributed by atoms with van der Waals surface area (Å²) in [6.45, 7) is 0. The molecule has 0 aliphatic carbocycles. The number of ether oxygens (including phenoxy) is 2. The van der Waals surface area contributed by atoms with Gasteiger partial charge in [-0.05, 0) is 66.2 Å². The Labute approximate surface area is 182 Å². The Hall–Kier alpha value is -3.71. The Morgan fingerprint density at radius 2 is 1.77 bits per heavy atom. The maximum atomic E-state index is 13.4. The van der Waals surface area contributed by atoms with E-state index in [9.17, 15) is 9.18 Å². The molecule has 0 radical (unpaired) electrons. The van der Waals surface area contributed by atoms with Crippen LogP contribution in [0.25, 0.3) is 26.9 Å². The number of fused-ring (bicyclic) bond motifs is 1. The van der Waals surface area contributed by atoms with Crippen LogP contribution in [0.5, 0.6) is 11.5 Å². The number of hydrogen-bond acceptors (Lipinski definition) is 5. The van der Waals surface area contributed by atoms with Crippen molar-refractivity contribution >= 4 is 39.2 Å². The molecule has 1 heterocycles. The minimum Gasteiger partial charge on any atom is -0.493 e. The third-order valence-corrected chi connectivity index (χ3v) is 5.65. The van der Waals surface area contributed by atoms with Crippen LogP contribution in [0, 0.1) is 5.82 Å². The molecule has 0 atom stereocenters. The lowest BCUT2D eigenvalue weighted by Gasteiger charge is -2.07. The normalized spacial score (nSPS) is 11.1. The number of halogens is 1. The Morgan fingerprint density at radius 3 is 2.52 bits per heavy atom. The van der Waals surface area contributed by atoms with Crippen molar-refractivity contribution < 1.29 is 18.7 Å². The van der Waals surface area contributed by atoms with Crippen molar-refractivity contribution in [3.05, 3.63) is 78.1 Å². The molecule has 0 saturated heterocycles. The van der Waals surface area contributed by atoms with Gasteiger partial charge in [-0.2, -0.15) is 0 Å². The second kappa shape index (κ2) is 8.97. The summed E-state index contributed by atoms with van der Waals surface area (Å²) in [6.07, 6.45) is 3.16. The van der Waals surface area contributed by atoms with Crippen LogP contribution in [0.1, 0.15) is 5.56 Å². The van der Waals surface area contributed by atoms with Gasteiger partial charge in [0.15, 0.2) is 11.5 Å². The lowest BCUT2D eigenvalue weighted by atomic mass is 10.2. The average Bonchev–Trinajstić information content (AvgIpc) is 3.21. The lowest BCUT2D eigenvalue weighted by molar-refractivity contribution is -0.111. The van der Waals surface area contributed by atoms with Gasteiger partial charge in [-0.3, -0.25) is 4.79 Å². The van der Waals surface area contributed by atoms with Gasteiger partial charge in [0.2, 0.25) is 5.91 Å². The van der Waals surface area contributed by atoms with E-state index in [4.69, 9.17) is 9.47 Å². The van der Waals surface area contributed by atoms with Crippen molar-refractivity contribution in [3.8, 4) is 22.1 Å². The SMILES string of the molecule is COc1ccc(/C=C/C(=O)Nc2ccc(-c3nc4ccc(F)cc4s3)cc2)cc1OC. The number of anilines is 1. The molecular weight excluding hydrogens is 415 g/mol. The first-order valence-corrected chi connectivity index (χ1v) is 10.2. The summed E-state index contributed by atoms with van der Waals surface area (Å²) in [7, 11) is 3.14. The fourth-order valence-corrected chi connectivity index (χ4v) is 4.03. The third kappa shape index (κ3) is 4.73. The van der Waals surface area contributed by atoms with Gasteiger partial charge in [0.1, 0.15) is 10.8 Å². The molecule has 3 aromatic carbocycles. The molecule has 4 rings (SSSR count). The lowest BCUT2D eigenvalue weighted by Crippen LogP contribution is -2.07. The van der Waals surface area contributed by atoms with Crippen molar-refractivity contribution in [2.24, 2.45) is 0 Å². The smallest absolute Gasteiger partial charge is 0.248 e. The zero-order valence-electron chi connectivity index (χ0n) is 16.9. The van der Waals surface area contributed by atoms with Crippen LogP contribution in [-0.4, -0.2) is 25.1 Å². The minimum absolute atomic E-state index is 0.252. The monoisotopic (exact) mass is 434 g/mol. The molecule has 1 amide bonds. The Morgan fingerprint density at radius 1 is 1.00 bits per heavy atom. The van der Waals surface area contributed by atoms with E-state index < -0.39 is 0 Å². The second-order valence-electron chi connectivity index (χ2n) is 6.65. The molecule has 4 aromatic rings. The summed E-state index contributed by atoms with van der Waals surface area (Å²) in [5.74, 6) is 0.695. The second-order valence-corrected chi connectivity index (χ2v) is 7.68. The van der Waals surface area contributed by atoms with E-state index in [0.29, 0.717) is 17.2 Å². The molecule has 0 spiro atoms. The molecule has 0 saturated carbocycles. The number of hydrogen-bond donors (Lipinski definition) is 1. The summed E-state index contributed by atoms with van der Waals surface area (Å²) >= 11 is 1.43. The van der Waals surface area contributed by atoms with Gasteiger partial charge in [-0.1, -0.05) is 6.07 Å². The van der Waals surface area contributed by atoms with Gasteiger partial charge < -0.3 is 14.8 Å². The average molecular weight is 434 g/mol. The van der Waals surface area contributed by atoms with Crippen molar-refractivity contribution in [2.75, 3.05) is 19.5 Å². The van der Waals surface area contributed by atoms with Crippen LogP contribution in [0.3, 0.4) is 0 Å². The first kappa shape index (κ1) is 20.6. The number of thiazole rings is 1. The summed E-state index contributed by atoms with van der Waals surface area (Å²) in [6, 6.07) is 17.3. The standard InChI is InChI=1S/C24H19FN2O3S/c1-29-20-11-3-15(13-21(20)30-2)4-12-23(28)26-18-8-5-16(6-9-18)24-27-19-10-7-17(25)14-22(19)31-24/h3-14H,1-2H3,(H,26,28)/b12-4+. The highest BCUT2D eigenvalue weighted by molar-refractivity contribution is 7.21. The van der Waals surface area contributed by atoms with Gasteiger partial charge in [0, 0.05) is 17.3 Å². The maximum absolute atomic E-state index is 13.4. The van der Waals surface area contributed by atoms with E-state index >= 15 is 0 Å². The molecule has 1 aromatic heterocycles. The highest BCUT2D eigenvalue weighted by Gasteiger charge is 2.08. The number of amides is 1. The van der Waals surface area contributed by atoms with Crippen LogP contribution in [0.15, 0.2) is 66.7 Å². The number of nitrogens with zero attached hydrogens (tertiary/aromatic N) is 1. The Balaban J connectivity index is 1.43. The first-order chi connectivity index (χ1) is 15.1. The molecule has 5 nitrogen and oxygen atoms in total. The van der Waals surface area contributed by atoms with E-state index in [1.54, 1.807) is 38.5 Å². The number of nitrogens with one attached hydrogen (secondary N) is 1. The van der Waals surface area contributed by atoms with Crippen LogP contribution in [-0.2, 0) is 4.79 Å². The number of carbonyl (C=O) groups excluding carboxylic acids is 1. The first-order valence-electron chi connectivity index (χ1n) is 9.43. The summed E-state index contributed by atoms with van der Waals surface area (Å²) < 4.78 is 24.7. The van der Waals surface area contributed by atoms with Crippen molar-refractivity contribution in [3.63, 3.8) is 0 Å². The fraction of sp³-hybridized carbons (Fsp3) is 0.0833. The molecule has 0 fully saturated rings. The molecule has 1 N–H and O–H groups in total. The number of methoxy groups -OCH3 is 2. The van der Waals surface area contributed by atoms with E-state index in [0.717, 1.165) is 26.4 Å². The zero-order chi connectivity index (χ0) is 21.8. The molecule has 0 bridgehead atoms. The largest absolute Gasteiger partial charge is 0.493 e. The maximum Gasteiger partial charge on any atom is 0.248 e.